The van der Waals surface area contributed by atoms with Gasteiger partial charge in [0.25, 0.3) is 0 Å². The Morgan fingerprint density at radius 1 is 1.00 bits per heavy atom. The van der Waals surface area contributed by atoms with E-state index in [0.29, 0.717) is 10.8 Å². The van der Waals surface area contributed by atoms with Crippen LogP contribution in [-0.2, 0) is 0 Å². The molecule has 0 aliphatic rings. The monoisotopic (exact) mass is 222 g/mol. The van der Waals surface area contributed by atoms with Crippen molar-refractivity contribution in [3.8, 4) is 0 Å². The predicted octanol–water partition coefficient (Wildman–Crippen LogP) is 4.46. The second-order valence-electron chi connectivity index (χ2n) is 2.01. The average molecular weight is 222 g/mol. The Balaban J connectivity index is 2.49. The van der Waals surface area contributed by atoms with Crippen molar-refractivity contribution in [2.24, 2.45) is 0 Å². The molecule has 0 atom stereocenters. The molecular weight excluding hydrogens is 217 g/mol. The van der Waals surface area contributed by atoms with Gasteiger partial charge in [0.2, 0.25) is 5.16 Å². The lowest BCUT2D eigenvalue weighted by Crippen LogP contribution is -1.67. The molecule has 0 aromatic heterocycles. The van der Waals surface area contributed by atoms with Crippen molar-refractivity contribution in [2.45, 2.75) is 4.90 Å². The molecule has 1 aromatic rings. The lowest BCUT2D eigenvalue weighted by Gasteiger charge is -1.96. The normalized spacial score (nSPS) is 9.77. The van der Waals surface area contributed by atoms with Crippen LogP contribution in [0.2, 0.25) is 0 Å². The summed E-state index contributed by atoms with van der Waals surface area (Å²) in [5, 5.41) is -1.44. The zero-order chi connectivity index (χ0) is 9.68. The molecule has 0 N–H and O–H groups in total. The van der Waals surface area contributed by atoms with Crippen molar-refractivity contribution in [1.29, 1.82) is 0 Å². The predicted molar refractivity (Wildman–Crippen MR) is 50.2 cm³/mol. The van der Waals surface area contributed by atoms with Gasteiger partial charge in [-0.1, -0.05) is 29.0 Å². The van der Waals surface area contributed by atoms with Crippen molar-refractivity contribution in [3.63, 3.8) is 0 Å². The Kier molecular flexibility index (Phi) is 4.24. The molecule has 0 unspecified atom stereocenters. The van der Waals surface area contributed by atoms with Gasteiger partial charge in [-0.3, -0.25) is 0 Å². The summed E-state index contributed by atoms with van der Waals surface area (Å²) in [7, 11) is 1.38. The smallest absolute Gasteiger partial charge is 0.192 e. The number of halogens is 3. The zero-order valence-electron chi connectivity index (χ0n) is 6.34. The van der Waals surface area contributed by atoms with E-state index < -0.39 is 11.2 Å². The first kappa shape index (κ1) is 10.5. The fourth-order valence-corrected chi connectivity index (χ4v) is 2.12. The van der Waals surface area contributed by atoms with Crippen LogP contribution in [0.5, 0.6) is 0 Å². The van der Waals surface area contributed by atoms with Crippen LogP contribution in [-0.4, -0.2) is 0 Å². The summed E-state index contributed by atoms with van der Waals surface area (Å²) in [6, 6.07) is 8.77. The highest BCUT2D eigenvalue weighted by Crippen LogP contribution is 2.38. The Morgan fingerprint density at radius 2 is 1.62 bits per heavy atom. The van der Waals surface area contributed by atoms with Gasteiger partial charge in [-0.2, -0.15) is 13.2 Å². The van der Waals surface area contributed by atoms with Crippen molar-refractivity contribution in [2.75, 3.05) is 0 Å². The standard InChI is InChI=1S/C8H5F3S2/c9-7(10)8(11)13-12-6-4-2-1-3-5-6/h1-5H. The second-order valence-corrected chi connectivity index (χ2v) is 4.18. The Hall–Kier alpha value is -0.550. The molecule has 0 bridgehead atoms. The van der Waals surface area contributed by atoms with E-state index in [1.165, 1.54) is 0 Å². The Labute approximate surface area is 81.6 Å². The van der Waals surface area contributed by atoms with E-state index >= 15 is 0 Å². The largest absolute Gasteiger partial charge is 0.313 e. The van der Waals surface area contributed by atoms with E-state index in [-0.39, 0.29) is 0 Å². The van der Waals surface area contributed by atoms with E-state index in [0.717, 1.165) is 15.7 Å². The average Bonchev–Trinajstić information content (AvgIpc) is 2.15. The third kappa shape index (κ3) is 3.78. The van der Waals surface area contributed by atoms with Crippen molar-refractivity contribution >= 4 is 21.6 Å². The summed E-state index contributed by atoms with van der Waals surface area (Å²) in [4.78, 5) is 0.740. The van der Waals surface area contributed by atoms with Gasteiger partial charge >= 0.3 is 6.08 Å². The van der Waals surface area contributed by atoms with Gasteiger partial charge in [-0.15, -0.1) is 0 Å². The summed E-state index contributed by atoms with van der Waals surface area (Å²) < 4.78 is 35.5. The van der Waals surface area contributed by atoms with E-state index in [4.69, 9.17) is 0 Å². The molecule has 0 heterocycles. The first-order valence-corrected chi connectivity index (χ1v) is 5.45. The number of hydrogen-bond donors (Lipinski definition) is 0. The quantitative estimate of drug-likeness (QED) is 0.692. The summed E-state index contributed by atoms with van der Waals surface area (Å²) in [6.07, 6.45) is -2.27. The lowest BCUT2D eigenvalue weighted by atomic mass is 10.4. The summed E-state index contributed by atoms with van der Waals surface area (Å²) >= 11 is 0. The van der Waals surface area contributed by atoms with Gasteiger partial charge in [0, 0.05) is 4.90 Å². The first-order chi connectivity index (χ1) is 6.20. The van der Waals surface area contributed by atoms with Gasteiger partial charge in [0.05, 0.1) is 0 Å². The topological polar surface area (TPSA) is 0 Å². The maximum absolute atomic E-state index is 12.3. The maximum Gasteiger partial charge on any atom is 0.313 e. The summed E-state index contributed by atoms with van der Waals surface area (Å²) in [6.45, 7) is 0. The molecule has 70 valence electrons. The van der Waals surface area contributed by atoms with E-state index in [1.807, 2.05) is 0 Å². The minimum absolute atomic E-state index is 0.417. The van der Waals surface area contributed by atoms with E-state index in [1.54, 1.807) is 30.3 Å². The van der Waals surface area contributed by atoms with Gasteiger partial charge in [-0.25, -0.2) is 0 Å². The minimum Gasteiger partial charge on any atom is -0.192 e. The number of benzene rings is 1. The van der Waals surface area contributed by atoms with Gasteiger partial charge < -0.3 is 0 Å². The van der Waals surface area contributed by atoms with Crippen molar-refractivity contribution in [3.05, 3.63) is 41.6 Å². The fraction of sp³-hybridized carbons (Fsp3) is 0. The lowest BCUT2D eigenvalue weighted by molar-refractivity contribution is 0.395. The molecule has 0 radical (unpaired) electrons. The number of hydrogen-bond acceptors (Lipinski definition) is 2. The summed E-state index contributed by atoms with van der Waals surface area (Å²) in [5.74, 6) is 0. The van der Waals surface area contributed by atoms with Crippen molar-refractivity contribution in [1.82, 2.24) is 0 Å². The highest BCUT2D eigenvalue weighted by atomic mass is 33.1. The molecule has 0 saturated carbocycles. The first-order valence-electron chi connectivity index (χ1n) is 3.30. The molecule has 0 amide bonds. The Bertz CT molecular complexity index is 294. The van der Waals surface area contributed by atoms with Gasteiger partial charge in [0.15, 0.2) is 0 Å². The van der Waals surface area contributed by atoms with Crippen LogP contribution in [0, 0.1) is 0 Å². The highest BCUT2D eigenvalue weighted by Gasteiger charge is 2.06. The molecule has 5 heteroatoms. The SMILES string of the molecule is FC(F)=C(F)SSc1ccccc1. The fourth-order valence-electron chi connectivity index (χ4n) is 0.592. The zero-order valence-corrected chi connectivity index (χ0v) is 7.97. The molecular formula is C8H5F3S2. The molecule has 0 saturated heterocycles. The third-order valence-electron chi connectivity index (χ3n) is 1.10. The maximum atomic E-state index is 12.3. The highest BCUT2D eigenvalue weighted by molar-refractivity contribution is 8.78. The second kappa shape index (κ2) is 5.24. The molecule has 1 aromatic carbocycles. The van der Waals surface area contributed by atoms with E-state index in [9.17, 15) is 13.2 Å². The van der Waals surface area contributed by atoms with Crippen LogP contribution in [0.1, 0.15) is 0 Å². The molecule has 0 spiro atoms. The third-order valence-corrected chi connectivity index (χ3v) is 3.22. The van der Waals surface area contributed by atoms with Crippen LogP contribution in [0.4, 0.5) is 13.2 Å². The van der Waals surface area contributed by atoms with Crippen LogP contribution < -0.4 is 0 Å². The molecule has 1 rings (SSSR count). The minimum atomic E-state index is -2.27. The van der Waals surface area contributed by atoms with Gasteiger partial charge in [0.1, 0.15) is 0 Å². The Morgan fingerprint density at radius 3 is 2.15 bits per heavy atom. The van der Waals surface area contributed by atoms with Crippen molar-refractivity contribution < 1.29 is 13.2 Å². The molecule has 0 nitrogen and oxygen atoms in total. The van der Waals surface area contributed by atoms with Gasteiger partial charge in [-0.05, 0) is 22.9 Å². The number of rotatable bonds is 3. The van der Waals surface area contributed by atoms with E-state index in [2.05, 4.69) is 0 Å². The van der Waals surface area contributed by atoms with Crippen LogP contribution in [0.25, 0.3) is 0 Å². The molecule has 13 heavy (non-hydrogen) atoms. The van der Waals surface area contributed by atoms with Crippen LogP contribution in [0.15, 0.2) is 46.5 Å². The summed E-state index contributed by atoms with van der Waals surface area (Å²) in [5.41, 5.74) is 0. The van der Waals surface area contributed by atoms with Crippen LogP contribution >= 0.6 is 21.6 Å². The molecule has 0 aliphatic heterocycles. The molecule has 0 aliphatic carbocycles. The molecule has 0 fully saturated rings. The van der Waals surface area contributed by atoms with Crippen LogP contribution in [0.3, 0.4) is 0 Å².